The van der Waals surface area contributed by atoms with Crippen molar-refractivity contribution in [2.24, 2.45) is 0 Å². The molecule has 1 aromatic heterocycles. The van der Waals surface area contributed by atoms with Crippen LogP contribution >= 0.6 is 0 Å². The van der Waals surface area contributed by atoms with Crippen LogP contribution in [0.3, 0.4) is 0 Å². The van der Waals surface area contributed by atoms with Crippen molar-refractivity contribution in [3.05, 3.63) is 30.1 Å². The second kappa shape index (κ2) is 8.32. The highest BCUT2D eigenvalue weighted by molar-refractivity contribution is 5.74. The van der Waals surface area contributed by atoms with Gasteiger partial charge in [-0.2, -0.15) is 13.2 Å². The highest BCUT2D eigenvalue weighted by Crippen LogP contribution is 2.17. The van der Waals surface area contributed by atoms with E-state index in [1.165, 1.54) is 4.90 Å². The van der Waals surface area contributed by atoms with Crippen LogP contribution in [0.4, 0.5) is 18.0 Å². The molecule has 0 spiro atoms. The first-order valence-corrected chi connectivity index (χ1v) is 8.05. The van der Waals surface area contributed by atoms with E-state index in [0.717, 1.165) is 44.6 Å². The van der Waals surface area contributed by atoms with Crippen molar-refractivity contribution >= 4 is 6.03 Å². The van der Waals surface area contributed by atoms with Crippen molar-refractivity contribution < 1.29 is 18.0 Å². The maximum atomic E-state index is 12.2. The number of hydrogen-bond donors (Lipinski definition) is 1. The molecule has 0 saturated carbocycles. The normalized spacial score (nSPS) is 16.8. The maximum absolute atomic E-state index is 12.2. The van der Waals surface area contributed by atoms with Crippen molar-refractivity contribution in [2.75, 3.05) is 33.2 Å². The number of pyridine rings is 1. The molecule has 2 rings (SSSR count). The van der Waals surface area contributed by atoms with Gasteiger partial charge >= 0.3 is 12.2 Å². The Morgan fingerprint density at radius 3 is 2.67 bits per heavy atom. The number of nitrogens with zero attached hydrogens (tertiary/aromatic N) is 3. The van der Waals surface area contributed by atoms with E-state index in [-0.39, 0.29) is 6.04 Å². The van der Waals surface area contributed by atoms with Crippen LogP contribution in [0.1, 0.15) is 18.5 Å². The van der Waals surface area contributed by atoms with Crippen molar-refractivity contribution in [2.45, 2.75) is 31.5 Å². The van der Waals surface area contributed by atoms with Gasteiger partial charge in [-0.25, -0.2) is 4.79 Å². The molecule has 1 aromatic rings. The van der Waals surface area contributed by atoms with Gasteiger partial charge in [-0.05, 0) is 25.0 Å². The molecule has 8 heteroatoms. The quantitative estimate of drug-likeness (QED) is 0.892. The molecule has 0 unspecified atom stereocenters. The molecule has 0 aliphatic carbocycles. The van der Waals surface area contributed by atoms with Crippen LogP contribution in [0.25, 0.3) is 0 Å². The Morgan fingerprint density at radius 1 is 1.38 bits per heavy atom. The Morgan fingerprint density at radius 2 is 2.08 bits per heavy atom. The summed E-state index contributed by atoms with van der Waals surface area (Å²) < 4.78 is 36.5. The zero-order chi connectivity index (χ0) is 17.6. The molecule has 1 N–H and O–H groups in total. The topological polar surface area (TPSA) is 48.5 Å². The van der Waals surface area contributed by atoms with Crippen molar-refractivity contribution in [3.8, 4) is 0 Å². The lowest BCUT2D eigenvalue weighted by atomic mass is 10.0. The highest BCUT2D eigenvalue weighted by Gasteiger charge is 2.30. The van der Waals surface area contributed by atoms with Gasteiger partial charge in [0.15, 0.2) is 0 Å². The number of amides is 2. The number of carbonyl (C=O) groups excluding carboxylic acids is 1. The van der Waals surface area contributed by atoms with Crippen LogP contribution in [0.15, 0.2) is 24.4 Å². The summed E-state index contributed by atoms with van der Waals surface area (Å²) in [6.45, 7) is 1.26. The summed E-state index contributed by atoms with van der Waals surface area (Å²) in [4.78, 5) is 19.8. The molecule has 1 saturated heterocycles. The monoisotopic (exact) mass is 344 g/mol. The lowest BCUT2D eigenvalue weighted by Gasteiger charge is -2.36. The minimum absolute atomic E-state index is 0.0238. The molecule has 0 radical (unpaired) electrons. The molecular formula is C16H23F3N4O. The summed E-state index contributed by atoms with van der Waals surface area (Å²) in [5.41, 5.74) is 1.04. The summed E-state index contributed by atoms with van der Waals surface area (Å²) in [5, 5.41) is 1.92. The molecule has 0 atom stereocenters. The molecular weight excluding hydrogens is 321 g/mol. The van der Waals surface area contributed by atoms with Crippen LogP contribution in [0, 0.1) is 0 Å². The third kappa shape index (κ3) is 5.99. The predicted octanol–water partition coefficient (Wildman–Crippen LogP) is 2.29. The summed E-state index contributed by atoms with van der Waals surface area (Å²) >= 11 is 0. The number of aromatic nitrogens is 1. The van der Waals surface area contributed by atoms with Crippen LogP contribution in [-0.4, -0.2) is 66.3 Å². The number of hydrogen-bond acceptors (Lipinski definition) is 3. The van der Waals surface area contributed by atoms with Gasteiger partial charge < -0.3 is 15.1 Å². The molecule has 0 aromatic carbocycles. The fourth-order valence-corrected chi connectivity index (χ4v) is 2.82. The third-order valence-corrected chi connectivity index (χ3v) is 4.28. The second-order valence-electron chi connectivity index (χ2n) is 6.03. The number of urea groups is 1. The Balaban J connectivity index is 1.70. The van der Waals surface area contributed by atoms with E-state index in [0.29, 0.717) is 0 Å². The van der Waals surface area contributed by atoms with E-state index in [2.05, 4.69) is 9.88 Å². The second-order valence-corrected chi connectivity index (χ2v) is 6.03. The minimum atomic E-state index is -4.38. The number of alkyl halides is 3. The lowest BCUT2D eigenvalue weighted by molar-refractivity contribution is -0.123. The van der Waals surface area contributed by atoms with Crippen LogP contribution < -0.4 is 5.32 Å². The van der Waals surface area contributed by atoms with Gasteiger partial charge in [-0.15, -0.1) is 0 Å². The van der Waals surface area contributed by atoms with Crippen molar-refractivity contribution in [3.63, 3.8) is 0 Å². The highest BCUT2D eigenvalue weighted by atomic mass is 19.4. The van der Waals surface area contributed by atoms with E-state index >= 15 is 0 Å². The Kier molecular flexibility index (Phi) is 6.42. The molecule has 0 bridgehead atoms. The largest absolute Gasteiger partial charge is 0.405 e. The van der Waals surface area contributed by atoms with E-state index in [4.69, 9.17) is 0 Å². The van der Waals surface area contributed by atoms with Crippen molar-refractivity contribution in [1.82, 2.24) is 20.1 Å². The number of rotatable bonds is 5. The molecule has 2 heterocycles. The Hall–Kier alpha value is -1.83. The molecule has 1 fully saturated rings. The standard InChI is InChI=1S/C16H23F3N4O/c1-22(15(24)21-12-16(17,18)19)14-6-10-23(11-7-14)9-5-13-4-2-3-8-20-13/h2-4,8,14H,5-7,9-12H2,1H3,(H,21,24). The number of likely N-dealkylation sites (tertiary alicyclic amines) is 1. The zero-order valence-electron chi connectivity index (χ0n) is 13.7. The number of piperidine rings is 1. The van der Waals surface area contributed by atoms with Gasteiger partial charge in [0.1, 0.15) is 6.54 Å². The average Bonchev–Trinajstić information content (AvgIpc) is 2.58. The third-order valence-electron chi connectivity index (χ3n) is 4.28. The predicted molar refractivity (Wildman–Crippen MR) is 84.6 cm³/mol. The van der Waals surface area contributed by atoms with Gasteiger partial charge in [0.05, 0.1) is 0 Å². The first-order chi connectivity index (χ1) is 11.3. The molecule has 1 aliphatic rings. The SMILES string of the molecule is CN(C(=O)NCC(F)(F)F)C1CCN(CCc2ccccn2)CC1. The van der Waals surface area contributed by atoms with Gasteiger partial charge in [-0.1, -0.05) is 6.07 Å². The molecule has 1 aliphatic heterocycles. The first-order valence-electron chi connectivity index (χ1n) is 8.05. The Labute approximate surface area is 139 Å². The summed E-state index contributed by atoms with van der Waals surface area (Å²) in [7, 11) is 1.56. The molecule has 24 heavy (non-hydrogen) atoms. The van der Waals surface area contributed by atoms with Crippen LogP contribution in [-0.2, 0) is 6.42 Å². The first kappa shape index (κ1) is 18.5. The summed E-state index contributed by atoms with van der Waals surface area (Å²) in [5.74, 6) is 0. The summed E-state index contributed by atoms with van der Waals surface area (Å²) in [6, 6.07) is 5.15. The molecule has 2 amide bonds. The number of halogens is 3. The minimum Gasteiger partial charge on any atom is -0.329 e. The van der Waals surface area contributed by atoms with E-state index in [1.807, 2.05) is 23.5 Å². The smallest absolute Gasteiger partial charge is 0.329 e. The van der Waals surface area contributed by atoms with Gasteiger partial charge in [0.25, 0.3) is 0 Å². The van der Waals surface area contributed by atoms with Gasteiger partial charge in [-0.3, -0.25) is 4.98 Å². The van der Waals surface area contributed by atoms with E-state index in [9.17, 15) is 18.0 Å². The lowest BCUT2D eigenvalue weighted by Crippen LogP contribution is -2.50. The summed E-state index contributed by atoms with van der Waals surface area (Å²) in [6.07, 6.45) is -0.217. The van der Waals surface area contributed by atoms with E-state index in [1.54, 1.807) is 13.2 Å². The van der Waals surface area contributed by atoms with Crippen LogP contribution in [0.5, 0.6) is 0 Å². The number of nitrogens with one attached hydrogen (secondary N) is 1. The van der Waals surface area contributed by atoms with Gasteiger partial charge in [0, 0.05) is 51.0 Å². The molecule has 134 valence electrons. The van der Waals surface area contributed by atoms with Gasteiger partial charge in [0.2, 0.25) is 0 Å². The Bertz CT molecular complexity index is 516. The number of carbonyl (C=O) groups is 1. The van der Waals surface area contributed by atoms with E-state index < -0.39 is 18.8 Å². The fraction of sp³-hybridized carbons (Fsp3) is 0.625. The van der Waals surface area contributed by atoms with Crippen molar-refractivity contribution in [1.29, 1.82) is 0 Å². The fourth-order valence-electron chi connectivity index (χ4n) is 2.82. The maximum Gasteiger partial charge on any atom is 0.405 e. The molecule has 5 nitrogen and oxygen atoms in total. The van der Waals surface area contributed by atoms with Crippen LogP contribution in [0.2, 0.25) is 0 Å². The average molecular weight is 344 g/mol. The zero-order valence-corrected chi connectivity index (χ0v) is 13.7.